The summed E-state index contributed by atoms with van der Waals surface area (Å²) in [6.45, 7) is 8.71. The zero-order valence-corrected chi connectivity index (χ0v) is 29.5. The van der Waals surface area contributed by atoms with Crippen molar-refractivity contribution in [3.8, 4) is 0 Å². The Hall–Kier alpha value is -2.02. The van der Waals surface area contributed by atoms with Gasteiger partial charge in [-0.2, -0.15) is 0 Å². The second-order valence-electron chi connectivity index (χ2n) is 14.2. The van der Waals surface area contributed by atoms with Crippen molar-refractivity contribution >= 4 is 30.4 Å². The third kappa shape index (κ3) is 6.77. The van der Waals surface area contributed by atoms with Gasteiger partial charge >= 0.3 is 13.6 Å². The van der Waals surface area contributed by atoms with Crippen molar-refractivity contribution in [2.75, 3.05) is 53.7 Å². The zero-order chi connectivity index (χ0) is 34.1. The Labute approximate surface area is 278 Å². The topological polar surface area (TPSA) is 147 Å². The minimum atomic E-state index is -4.30. The van der Waals surface area contributed by atoms with Crippen LogP contribution in [0.15, 0.2) is 24.3 Å². The number of piperidine rings is 6. The standard InChI is InChI=1S/C34H52N3O9P/c1-22(2)46-32(40)28(35)17-25-9-7-8-10-29(25)47(41,44-20-33(18-42-5)30(38)26-11-13-36(33)23(3)15-26)45-21-34(19-43-6)31(39)27-12-14-37(34)24(4)16-27/h7-10,22-24,26-28H,11-21,35H2,1-6H3. The number of nitrogens with zero attached hydrogens (tertiary/aromatic N) is 2. The second-order valence-corrected chi connectivity index (χ2v) is 16.1. The molecule has 6 heterocycles. The van der Waals surface area contributed by atoms with Gasteiger partial charge in [-0.1, -0.05) is 18.2 Å². The fourth-order valence-corrected chi connectivity index (χ4v) is 10.4. The molecule has 9 atom stereocenters. The van der Waals surface area contributed by atoms with Crippen LogP contribution >= 0.6 is 7.60 Å². The molecule has 0 radical (unpaired) electrons. The van der Waals surface area contributed by atoms with Crippen LogP contribution in [0.3, 0.4) is 0 Å². The molecule has 0 saturated carbocycles. The lowest BCUT2D eigenvalue weighted by atomic mass is 9.71. The minimum Gasteiger partial charge on any atom is -0.462 e. The zero-order valence-electron chi connectivity index (χ0n) is 28.6. The number of esters is 1. The van der Waals surface area contributed by atoms with Gasteiger partial charge in [0, 0.05) is 51.2 Å². The van der Waals surface area contributed by atoms with Gasteiger partial charge in [-0.25, -0.2) is 0 Å². The molecule has 7 rings (SSSR count). The Morgan fingerprint density at radius 1 is 0.894 bits per heavy atom. The number of hydrogen-bond acceptors (Lipinski definition) is 12. The first-order chi connectivity index (χ1) is 22.3. The number of fused-ring (bicyclic) bond motifs is 6. The number of nitrogens with two attached hydrogens (primary N) is 1. The number of ether oxygens (including phenoxy) is 3. The third-order valence-electron chi connectivity index (χ3n) is 10.6. The summed E-state index contributed by atoms with van der Waals surface area (Å²) in [5.74, 6) is -0.835. The van der Waals surface area contributed by atoms with Crippen molar-refractivity contribution in [1.82, 2.24) is 9.80 Å². The van der Waals surface area contributed by atoms with E-state index in [9.17, 15) is 14.4 Å². The summed E-state index contributed by atoms with van der Waals surface area (Å²) in [6, 6.07) is 6.02. The Morgan fingerprint density at radius 2 is 1.38 bits per heavy atom. The van der Waals surface area contributed by atoms with Crippen LogP contribution in [0, 0.1) is 11.8 Å². The quantitative estimate of drug-likeness (QED) is 0.215. The summed E-state index contributed by atoms with van der Waals surface area (Å²) in [5, 5.41) is 0.223. The van der Waals surface area contributed by atoms with Crippen LogP contribution in [0.1, 0.15) is 58.9 Å². The molecular formula is C34H52N3O9P. The van der Waals surface area contributed by atoms with Gasteiger partial charge in [0.1, 0.15) is 17.1 Å². The number of benzene rings is 1. The van der Waals surface area contributed by atoms with Gasteiger partial charge in [0.15, 0.2) is 11.6 Å². The summed E-state index contributed by atoms with van der Waals surface area (Å²) >= 11 is 0. The molecule has 1 aromatic carbocycles. The number of methoxy groups -OCH3 is 2. The lowest BCUT2D eigenvalue weighted by Crippen LogP contribution is -2.72. The van der Waals surface area contributed by atoms with E-state index in [-0.39, 0.29) is 79.7 Å². The molecule has 6 fully saturated rings. The van der Waals surface area contributed by atoms with E-state index < -0.39 is 30.7 Å². The van der Waals surface area contributed by atoms with E-state index in [2.05, 4.69) is 23.6 Å². The molecule has 6 aliphatic rings. The predicted molar refractivity (Wildman–Crippen MR) is 176 cm³/mol. The molecular weight excluding hydrogens is 625 g/mol. The lowest BCUT2D eigenvalue weighted by molar-refractivity contribution is -0.165. The Balaban J connectivity index is 1.52. The van der Waals surface area contributed by atoms with E-state index in [0.29, 0.717) is 18.7 Å². The minimum absolute atomic E-state index is 0.0116. The number of carbonyl (C=O) groups excluding carboxylic acids is 3. The molecule has 0 aromatic heterocycles. The molecule has 13 heteroatoms. The average Bonchev–Trinajstić information content (AvgIpc) is 3.03. The number of Topliss-reactive ketones (excluding diaryl/α,β-unsaturated/α-hetero) is 2. The Bertz CT molecular complexity index is 1310. The van der Waals surface area contributed by atoms with Gasteiger partial charge < -0.3 is 29.0 Å². The lowest BCUT2D eigenvalue weighted by Gasteiger charge is -2.56. The predicted octanol–water partition coefficient (Wildman–Crippen LogP) is 2.50. The normalized spacial score (nSPS) is 35.2. The molecule has 12 nitrogen and oxygen atoms in total. The van der Waals surface area contributed by atoms with Gasteiger partial charge in [0.25, 0.3) is 0 Å². The van der Waals surface area contributed by atoms with Crippen molar-refractivity contribution in [2.45, 2.75) is 95.1 Å². The fraction of sp³-hybridized carbons (Fsp3) is 0.735. The first-order valence-corrected chi connectivity index (χ1v) is 18.4. The van der Waals surface area contributed by atoms with Crippen LogP contribution in [0.4, 0.5) is 0 Å². The molecule has 262 valence electrons. The van der Waals surface area contributed by atoms with Gasteiger partial charge in [-0.05, 0) is 71.4 Å². The highest BCUT2D eigenvalue weighted by atomic mass is 31.2. The van der Waals surface area contributed by atoms with E-state index in [4.69, 9.17) is 29.0 Å². The fourth-order valence-electron chi connectivity index (χ4n) is 8.46. The molecule has 0 spiro atoms. The highest BCUT2D eigenvalue weighted by Gasteiger charge is 2.59. The second kappa shape index (κ2) is 14.5. The summed E-state index contributed by atoms with van der Waals surface area (Å²) in [5.41, 5.74) is 4.47. The van der Waals surface area contributed by atoms with Gasteiger partial charge in [-0.3, -0.25) is 28.7 Å². The highest BCUT2D eigenvalue weighted by Crippen LogP contribution is 2.53. The molecule has 1 aromatic rings. The summed E-state index contributed by atoms with van der Waals surface area (Å²) in [7, 11) is -1.22. The molecule has 4 bridgehead atoms. The van der Waals surface area contributed by atoms with Crippen molar-refractivity contribution in [3.63, 3.8) is 0 Å². The van der Waals surface area contributed by atoms with E-state index >= 15 is 4.57 Å². The largest absolute Gasteiger partial charge is 0.462 e. The first-order valence-electron chi connectivity index (χ1n) is 16.9. The van der Waals surface area contributed by atoms with Crippen LogP contribution in [0.25, 0.3) is 0 Å². The van der Waals surface area contributed by atoms with Crippen molar-refractivity contribution < 1.29 is 42.2 Å². The first kappa shape index (κ1) is 36.3. The monoisotopic (exact) mass is 677 g/mol. The van der Waals surface area contributed by atoms with E-state index in [1.165, 1.54) is 0 Å². The molecule has 6 aliphatic heterocycles. The van der Waals surface area contributed by atoms with Crippen molar-refractivity contribution in [2.24, 2.45) is 17.6 Å². The van der Waals surface area contributed by atoms with E-state index in [0.717, 1.165) is 25.7 Å². The van der Waals surface area contributed by atoms with Gasteiger partial charge in [0.2, 0.25) is 0 Å². The maximum absolute atomic E-state index is 15.4. The SMILES string of the molecule is COCC1(COP(=O)(OCC2(COC)C(=O)C3CCN2C(C)C3)c2ccccc2CC(N)C(=O)OC(C)C)C(=O)C2CCN1C(C)C2. The van der Waals surface area contributed by atoms with Crippen LogP contribution < -0.4 is 11.0 Å². The van der Waals surface area contributed by atoms with Crippen LogP contribution in [0.5, 0.6) is 0 Å². The maximum Gasteiger partial charge on any atom is 0.361 e. The van der Waals surface area contributed by atoms with Crippen molar-refractivity contribution in [1.29, 1.82) is 0 Å². The molecule has 9 unspecified atom stereocenters. The summed E-state index contributed by atoms with van der Waals surface area (Å²) in [4.78, 5) is 44.7. The molecule has 0 amide bonds. The van der Waals surface area contributed by atoms with E-state index in [1.54, 1.807) is 52.3 Å². The third-order valence-corrected chi connectivity index (χ3v) is 12.6. The van der Waals surface area contributed by atoms with Crippen molar-refractivity contribution in [3.05, 3.63) is 29.8 Å². The summed E-state index contributed by atoms with van der Waals surface area (Å²) < 4.78 is 44.9. The Kier molecular flexibility index (Phi) is 11.2. The molecule has 2 N–H and O–H groups in total. The van der Waals surface area contributed by atoms with Gasteiger partial charge in [0.05, 0.1) is 37.8 Å². The average molecular weight is 678 g/mol. The van der Waals surface area contributed by atoms with Crippen LogP contribution in [0.2, 0.25) is 0 Å². The molecule has 0 aliphatic carbocycles. The molecule has 6 saturated heterocycles. The smallest absolute Gasteiger partial charge is 0.361 e. The molecule has 47 heavy (non-hydrogen) atoms. The summed E-state index contributed by atoms with van der Waals surface area (Å²) in [6.07, 6.45) is 2.68. The van der Waals surface area contributed by atoms with E-state index in [1.807, 2.05) is 0 Å². The number of ketones is 2. The highest BCUT2D eigenvalue weighted by molar-refractivity contribution is 7.62. The van der Waals surface area contributed by atoms with Crippen LogP contribution in [-0.4, -0.2) is 116 Å². The number of rotatable bonds is 15. The maximum atomic E-state index is 15.4. The number of hydrogen-bond donors (Lipinski definition) is 1. The Morgan fingerprint density at radius 3 is 1.83 bits per heavy atom. The number of carbonyl (C=O) groups is 3. The van der Waals surface area contributed by atoms with Crippen LogP contribution in [-0.2, 0) is 48.6 Å². The van der Waals surface area contributed by atoms with Gasteiger partial charge in [-0.15, -0.1) is 0 Å².